The molecule has 26 heavy (non-hydrogen) atoms. The monoisotopic (exact) mass is 357 g/mol. The Kier molecular flexibility index (Phi) is 5.25. The molecule has 0 bridgehead atoms. The van der Waals surface area contributed by atoms with E-state index in [-0.39, 0.29) is 6.09 Å². The number of rotatable bonds is 4. The summed E-state index contributed by atoms with van der Waals surface area (Å²) in [5, 5.41) is 12.6. The Labute approximate surface area is 154 Å². The number of hydrogen-bond acceptors (Lipinski definition) is 5. The van der Waals surface area contributed by atoms with E-state index >= 15 is 0 Å². The van der Waals surface area contributed by atoms with E-state index < -0.39 is 5.54 Å². The van der Waals surface area contributed by atoms with Gasteiger partial charge in [-0.15, -0.1) is 5.10 Å². The second-order valence-corrected chi connectivity index (χ2v) is 7.05. The minimum Gasteiger partial charge on any atom is -0.450 e. The topological polar surface area (TPSA) is 73.1 Å². The summed E-state index contributed by atoms with van der Waals surface area (Å²) in [7, 11) is 1.80. The first-order valence-electron chi connectivity index (χ1n) is 9.26. The van der Waals surface area contributed by atoms with Gasteiger partial charge < -0.3 is 4.74 Å². The number of tetrazole rings is 1. The smallest absolute Gasteiger partial charge is 0.410 e. The molecule has 0 N–H and O–H groups in total. The Hall–Kier alpha value is -2.44. The maximum absolute atomic E-state index is 12.5. The van der Waals surface area contributed by atoms with Gasteiger partial charge in [0.1, 0.15) is 5.54 Å². The third kappa shape index (κ3) is 3.18. The number of nitrogens with zero attached hydrogens (tertiary/aromatic N) is 5. The first kappa shape index (κ1) is 18.4. The first-order valence-corrected chi connectivity index (χ1v) is 9.26. The van der Waals surface area contributed by atoms with E-state index in [9.17, 15) is 4.79 Å². The summed E-state index contributed by atoms with van der Waals surface area (Å²) in [5.74, 6) is 0.708. The number of carbonyl (C=O) groups is 1. The van der Waals surface area contributed by atoms with Gasteiger partial charge in [0.05, 0.1) is 12.3 Å². The van der Waals surface area contributed by atoms with Gasteiger partial charge in [-0.3, -0.25) is 4.90 Å². The van der Waals surface area contributed by atoms with Gasteiger partial charge in [-0.25, -0.2) is 4.79 Å². The highest BCUT2D eigenvalue weighted by Gasteiger charge is 2.45. The van der Waals surface area contributed by atoms with Crippen molar-refractivity contribution in [1.29, 1.82) is 0 Å². The number of amides is 1. The largest absolute Gasteiger partial charge is 0.450 e. The van der Waals surface area contributed by atoms with Crippen LogP contribution in [0, 0.1) is 13.8 Å². The lowest BCUT2D eigenvalue weighted by molar-refractivity contribution is 0.0390. The van der Waals surface area contributed by atoms with Gasteiger partial charge in [-0.2, -0.15) is 4.68 Å². The highest BCUT2D eigenvalue weighted by molar-refractivity contribution is 5.68. The molecule has 1 heterocycles. The number of benzene rings is 1. The van der Waals surface area contributed by atoms with Crippen molar-refractivity contribution in [3.8, 4) is 5.69 Å². The Morgan fingerprint density at radius 2 is 2.00 bits per heavy atom. The average Bonchev–Trinajstić information content (AvgIpc) is 3.12. The minimum absolute atomic E-state index is 0.329. The summed E-state index contributed by atoms with van der Waals surface area (Å²) < 4.78 is 7.06. The molecule has 1 amide bonds. The van der Waals surface area contributed by atoms with Crippen molar-refractivity contribution in [3.63, 3.8) is 0 Å². The summed E-state index contributed by atoms with van der Waals surface area (Å²) in [6.45, 7) is 6.28. The van der Waals surface area contributed by atoms with E-state index in [4.69, 9.17) is 4.74 Å². The van der Waals surface area contributed by atoms with Crippen LogP contribution in [-0.4, -0.2) is 44.9 Å². The van der Waals surface area contributed by atoms with Crippen LogP contribution < -0.4 is 0 Å². The zero-order valence-corrected chi connectivity index (χ0v) is 16.0. The van der Waals surface area contributed by atoms with Crippen molar-refractivity contribution in [2.45, 2.75) is 58.4 Å². The zero-order valence-electron chi connectivity index (χ0n) is 16.0. The fourth-order valence-electron chi connectivity index (χ4n) is 3.92. The van der Waals surface area contributed by atoms with E-state index in [1.165, 1.54) is 5.56 Å². The van der Waals surface area contributed by atoms with E-state index in [1.807, 2.05) is 13.0 Å². The molecule has 1 fully saturated rings. The van der Waals surface area contributed by atoms with Crippen molar-refractivity contribution in [2.75, 3.05) is 13.7 Å². The first-order chi connectivity index (χ1) is 12.5. The molecule has 7 nitrogen and oxygen atoms in total. The number of aryl methyl sites for hydroxylation is 2. The molecule has 140 valence electrons. The molecular formula is C19H27N5O2. The number of carbonyl (C=O) groups excluding carboxylic acids is 1. The quantitative estimate of drug-likeness (QED) is 0.837. The number of aromatic nitrogens is 4. The Balaban J connectivity index is 2.09. The molecule has 0 aliphatic heterocycles. The lowest BCUT2D eigenvalue weighted by atomic mass is 9.79. The van der Waals surface area contributed by atoms with Gasteiger partial charge >= 0.3 is 6.09 Å². The van der Waals surface area contributed by atoms with Gasteiger partial charge in [0.15, 0.2) is 5.82 Å². The molecule has 0 spiro atoms. The molecule has 1 aromatic heterocycles. The fourth-order valence-corrected chi connectivity index (χ4v) is 3.92. The minimum atomic E-state index is -0.550. The van der Waals surface area contributed by atoms with Crippen LogP contribution in [0.5, 0.6) is 0 Å². The Bertz CT molecular complexity index is 780. The summed E-state index contributed by atoms with van der Waals surface area (Å²) >= 11 is 0. The number of ether oxygens (including phenoxy) is 1. The molecule has 3 rings (SSSR count). The lowest BCUT2D eigenvalue weighted by Crippen LogP contribution is -2.50. The Morgan fingerprint density at radius 1 is 1.27 bits per heavy atom. The summed E-state index contributed by atoms with van der Waals surface area (Å²) in [4.78, 5) is 14.2. The maximum Gasteiger partial charge on any atom is 0.410 e. The molecule has 2 aromatic rings. The summed E-state index contributed by atoms with van der Waals surface area (Å²) in [6.07, 6.45) is 4.54. The highest BCUT2D eigenvalue weighted by Crippen LogP contribution is 2.41. The summed E-state index contributed by atoms with van der Waals surface area (Å²) in [5.41, 5.74) is 2.68. The predicted octanol–water partition coefficient (Wildman–Crippen LogP) is 3.53. The number of hydrogen-bond donors (Lipinski definition) is 0. The van der Waals surface area contributed by atoms with Crippen molar-refractivity contribution in [3.05, 3.63) is 35.2 Å². The second-order valence-electron chi connectivity index (χ2n) is 7.05. The van der Waals surface area contributed by atoms with Crippen LogP contribution in [0.3, 0.4) is 0 Å². The molecular weight excluding hydrogens is 330 g/mol. The van der Waals surface area contributed by atoms with E-state index in [1.54, 1.807) is 16.6 Å². The van der Waals surface area contributed by atoms with Crippen LogP contribution >= 0.6 is 0 Å². The fraction of sp³-hybridized carbons (Fsp3) is 0.579. The SMILES string of the molecule is CCOC(=O)N(C)C1(c2nnnn2-c2ccc(C)cc2C)CCCCC1. The third-order valence-electron chi connectivity index (χ3n) is 5.33. The van der Waals surface area contributed by atoms with Gasteiger partial charge in [0, 0.05) is 7.05 Å². The lowest BCUT2D eigenvalue weighted by Gasteiger charge is -2.42. The molecule has 0 radical (unpaired) electrons. The maximum atomic E-state index is 12.5. The van der Waals surface area contributed by atoms with Gasteiger partial charge in [-0.05, 0) is 55.7 Å². The van der Waals surface area contributed by atoms with Crippen molar-refractivity contribution >= 4 is 6.09 Å². The molecule has 7 heteroatoms. The van der Waals surface area contributed by atoms with E-state index in [0.29, 0.717) is 12.4 Å². The van der Waals surface area contributed by atoms with Gasteiger partial charge in [-0.1, -0.05) is 37.0 Å². The van der Waals surface area contributed by atoms with Crippen LogP contribution in [0.1, 0.15) is 56.0 Å². The normalized spacial score (nSPS) is 16.3. The third-order valence-corrected chi connectivity index (χ3v) is 5.33. The van der Waals surface area contributed by atoms with E-state index in [2.05, 4.69) is 41.5 Å². The zero-order chi connectivity index (χ0) is 18.7. The van der Waals surface area contributed by atoms with Gasteiger partial charge in [0.2, 0.25) is 0 Å². The van der Waals surface area contributed by atoms with E-state index in [0.717, 1.165) is 43.4 Å². The van der Waals surface area contributed by atoms with Crippen LogP contribution in [0.2, 0.25) is 0 Å². The van der Waals surface area contributed by atoms with Crippen molar-refractivity contribution in [2.24, 2.45) is 0 Å². The molecule has 1 saturated carbocycles. The van der Waals surface area contributed by atoms with Crippen LogP contribution in [0.4, 0.5) is 4.79 Å². The standard InChI is InChI=1S/C19H27N5O2/c1-5-26-18(25)23(4)19(11-7-6-8-12-19)17-20-21-22-24(17)16-10-9-14(2)13-15(16)3/h9-10,13H,5-8,11-12H2,1-4H3. The van der Waals surface area contributed by atoms with Crippen LogP contribution in [-0.2, 0) is 10.3 Å². The van der Waals surface area contributed by atoms with Crippen LogP contribution in [0.25, 0.3) is 5.69 Å². The molecule has 1 aliphatic carbocycles. The van der Waals surface area contributed by atoms with Crippen LogP contribution in [0.15, 0.2) is 18.2 Å². The highest BCUT2D eigenvalue weighted by atomic mass is 16.6. The Morgan fingerprint density at radius 3 is 2.65 bits per heavy atom. The molecule has 1 aliphatic rings. The molecule has 0 unspecified atom stereocenters. The summed E-state index contributed by atoms with van der Waals surface area (Å²) in [6, 6.07) is 6.20. The second kappa shape index (κ2) is 7.43. The molecule has 1 aromatic carbocycles. The molecule has 0 saturated heterocycles. The predicted molar refractivity (Wildman–Crippen MR) is 98.2 cm³/mol. The van der Waals surface area contributed by atoms with Crippen molar-refractivity contribution < 1.29 is 9.53 Å². The average molecular weight is 357 g/mol. The van der Waals surface area contributed by atoms with Gasteiger partial charge in [0.25, 0.3) is 0 Å². The molecule has 0 atom stereocenters. The van der Waals surface area contributed by atoms with Crippen molar-refractivity contribution in [1.82, 2.24) is 25.1 Å².